The zero-order valence-corrected chi connectivity index (χ0v) is 12.2. The Morgan fingerprint density at radius 1 is 1.24 bits per heavy atom. The first-order valence-electron chi connectivity index (χ1n) is 7.55. The minimum Gasteiger partial charge on any atom is -0.508 e. The number of benzene rings is 2. The first-order valence-corrected chi connectivity index (χ1v) is 7.55. The molecule has 108 valence electrons. The Kier molecular flexibility index (Phi) is 2.73. The lowest BCUT2D eigenvalue weighted by Gasteiger charge is -2.29. The minimum absolute atomic E-state index is 0.0862. The van der Waals surface area contributed by atoms with Gasteiger partial charge in [0.15, 0.2) is 0 Å². The lowest BCUT2D eigenvalue weighted by molar-refractivity contribution is 0.239. The van der Waals surface area contributed by atoms with E-state index in [9.17, 15) is 5.11 Å². The van der Waals surface area contributed by atoms with Gasteiger partial charge >= 0.3 is 0 Å². The maximum absolute atomic E-state index is 9.79. The van der Waals surface area contributed by atoms with E-state index in [1.165, 1.54) is 11.1 Å². The van der Waals surface area contributed by atoms with E-state index in [-0.39, 0.29) is 5.41 Å². The predicted molar refractivity (Wildman–Crippen MR) is 84.3 cm³/mol. The fourth-order valence-corrected chi connectivity index (χ4v) is 3.84. The number of phenolic OH excluding ortho intramolecular Hbond substituents is 1. The van der Waals surface area contributed by atoms with Crippen molar-refractivity contribution in [1.29, 1.82) is 0 Å². The normalized spacial score (nSPS) is 27.2. The summed E-state index contributed by atoms with van der Waals surface area (Å²) in [5, 5.41) is 13.4. The van der Waals surface area contributed by atoms with Crippen molar-refractivity contribution in [3.8, 4) is 5.75 Å². The molecular formula is C18H20N2O. The summed E-state index contributed by atoms with van der Waals surface area (Å²) in [7, 11) is 0. The molecule has 21 heavy (non-hydrogen) atoms. The van der Waals surface area contributed by atoms with E-state index in [4.69, 9.17) is 0 Å². The summed E-state index contributed by atoms with van der Waals surface area (Å²) in [5.41, 5.74) is 3.85. The van der Waals surface area contributed by atoms with Gasteiger partial charge in [-0.3, -0.25) is 4.90 Å². The van der Waals surface area contributed by atoms with Crippen LogP contribution >= 0.6 is 0 Å². The number of phenols is 1. The predicted octanol–water partition coefficient (Wildman–Crippen LogP) is 3.31. The van der Waals surface area contributed by atoms with Gasteiger partial charge in [0, 0.05) is 24.2 Å². The van der Waals surface area contributed by atoms with Crippen LogP contribution in [0.1, 0.15) is 24.5 Å². The van der Waals surface area contributed by atoms with Crippen molar-refractivity contribution in [2.75, 3.05) is 11.9 Å². The van der Waals surface area contributed by atoms with Crippen LogP contribution in [0, 0.1) is 0 Å². The summed E-state index contributed by atoms with van der Waals surface area (Å²) in [6, 6.07) is 16.3. The second-order valence-electron chi connectivity index (χ2n) is 6.40. The molecule has 3 heteroatoms. The number of likely N-dealkylation sites (tertiary alicyclic amines) is 1. The summed E-state index contributed by atoms with van der Waals surface area (Å²) in [4.78, 5) is 2.51. The van der Waals surface area contributed by atoms with Crippen LogP contribution in [0.15, 0.2) is 48.5 Å². The molecule has 3 nitrogen and oxygen atoms in total. The highest BCUT2D eigenvalue weighted by molar-refractivity contribution is 5.64. The summed E-state index contributed by atoms with van der Waals surface area (Å²) in [6.45, 7) is 4.35. The van der Waals surface area contributed by atoms with Crippen LogP contribution < -0.4 is 5.32 Å². The lowest BCUT2D eigenvalue weighted by atomic mass is 9.81. The Morgan fingerprint density at radius 3 is 2.86 bits per heavy atom. The molecule has 2 aliphatic heterocycles. The largest absolute Gasteiger partial charge is 0.508 e. The van der Waals surface area contributed by atoms with Gasteiger partial charge in [0.05, 0.1) is 6.17 Å². The first kappa shape index (κ1) is 12.7. The van der Waals surface area contributed by atoms with Gasteiger partial charge in [-0.05, 0) is 35.7 Å². The van der Waals surface area contributed by atoms with E-state index in [1.54, 1.807) is 6.07 Å². The van der Waals surface area contributed by atoms with Crippen molar-refractivity contribution in [2.24, 2.45) is 0 Å². The summed E-state index contributed by atoms with van der Waals surface area (Å²) < 4.78 is 0. The van der Waals surface area contributed by atoms with Crippen molar-refractivity contribution in [3.63, 3.8) is 0 Å². The molecule has 0 amide bonds. The highest BCUT2D eigenvalue weighted by atomic mass is 16.3. The summed E-state index contributed by atoms with van der Waals surface area (Å²) >= 11 is 0. The van der Waals surface area contributed by atoms with E-state index in [0.29, 0.717) is 11.9 Å². The van der Waals surface area contributed by atoms with Crippen LogP contribution in [0.5, 0.6) is 5.75 Å². The first-order chi connectivity index (χ1) is 10.2. The van der Waals surface area contributed by atoms with E-state index in [1.807, 2.05) is 12.1 Å². The minimum atomic E-state index is 0.0862. The van der Waals surface area contributed by atoms with Crippen molar-refractivity contribution in [1.82, 2.24) is 4.90 Å². The molecule has 2 N–H and O–H groups in total. The van der Waals surface area contributed by atoms with Crippen LogP contribution in [-0.4, -0.2) is 22.7 Å². The van der Waals surface area contributed by atoms with Gasteiger partial charge in [-0.25, -0.2) is 0 Å². The third-order valence-electron chi connectivity index (χ3n) is 5.03. The van der Waals surface area contributed by atoms with Crippen molar-refractivity contribution < 1.29 is 5.11 Å². The lowest BCUT2D eigenvalue weighted by Crippen LogP contribution is -2.41. The molecule has 2 aromatic rings. The van der Waals surface area contributed by atoms with Gasteiger partial charge in [-0.15, -0.1) is 0 Å². The molecule has 2 heterocycles. The fourth-order valence-electron chi connectivity index (χ4n) is 3.84. The topological polar surface area (TPSA) is 35.5 Å². The van der Waals surface area contributed by atoms with Gasteiger partial charge in [0.2, 0.25) is 0 Å². The van der Waals surface area contributed by atoms with E-state index in [2.05, 4.69) is 47.5 Å². The highest BCUT2D eigenvalue weighted by Gasteiger charge is 2.50. The van der Waals surface area contributed by atoms with Crippen LogP contribution in [0.2, 0.25) is 0 Å². The Hall–Kier alpha value is -2.00. The maximum Gasteiger partial charge on any atom is 0.116 e. The molecule has 0 spiro atoms. The van der Waals surface area contributed by atoms with Gasteiger partial charge < -0.3 is 10.4 Å². The zero-order valence-electron chi connectivity index (χ0n) is 12.2. The van der Waals surface area contributed by atoms with Gasteiger partial charge in [0.1, 0.15) is 5.75 Å². The number of nitrogens with zero attached hydrogens (tertiary/aromatic N) is 1. The smallest absolute Gasteiger partial charge is 0.116 e. The number of anilines is 1. The third-order valence-corrected chi connectivity index (χ3v) is 5.03. The molecule has 0 aliphatic carbocycles. The fraction of sp³-hybridized carbons (Fsp3) is 0.333. The van der Waals surface area contributed by atoms with Crippen molar-refractivity contribution in [3.05, 3.63) is 59.7 Å². The second kappa shape index (κ2) is 4.50. The highest BCUT2D eigenvalue weighted by Crippen LogP contribution is 2.49. The Labute approximate surface area is 125 Å². The van der Waals surface area contributed by atoms with Crippen LogP contribution in [0.3, 0.4) is 0 Å². The molecule has 0 radical (unpaired) electrons. The number of rotatable bonds is 2. The number of aromatic hydroxyl groups is 1. The molecule has 1 unspecified atom stereocenters. The van der Waals surface area contributed by atoms with Crippen LogP contribution in [0.4, 0.5) is 5.69 Å². The van der Waals surface area contributed by atoms with E-state index < -0.39 is 0 Å². The quantitative estimate of drug-likeness (QED) is 0.828. The molecule has 2 aliphatic rings. The number of hydrogen-bond acceptors (Lipinski definition) is 3. The van der Waals surface area contributed by atoms with E-state index >= 15 is 0 Å². The van der Waals surface area contributed by atoms with Crippen molar-refractivity contribution >= 4 is 5.69 Å². The molecule has 0 aromatic heterocycles. The Balaban J connectivity index is 1.64. The average Bonchev–Trinajstić information content (AvgIpc) is 2.95. The van der Waals surface area contributed by atoms with Gasteiger partial charge in [-0.1, -0.05) is 37.3 Å². The third kappa shape index (κ3) is 1.92. The second-order valence-corrected chi connectivity index (χ2v) is 6.40. The number of fused-ring (bicyclic) bond motifs is 3. The van der Waals surface area contributed by atoms with Crippen LogP contribution in [-0.2, 0) is 12.0 Å². The molecule has 0 saturated carbocycles. The summed E-state index contributed by atoms with van der Waals surface area (Å²) in [6.07, 6.45) is 1.43. The standard InChI is InChI=1S/C18H20N2O/c1-18-9-10-20(12-13-5-3-2-4-6-13)17(18)19-16-8-7-14(21)11-15(16)18/h2-8,11,17,19,21H,9-10,12H2,1H3/t17?,18-/m0/s1. The Morgan fingerprint density at radius 2 is 2.05 bits per heavy atom. The molecule has 2 atom stereocenters. The molecule has 4 rings (SSSR count). The molecule has 1 fully saturated rings. The molecule has 0 bridgehead atoms. The molecule has 1 saturated heterocycles. The molecular weight excluding hydrogens is 260 g/mol. The number of hydrogen-bond donors (Lipinski definition) is 2. The Bertz CT molecular complexity index is 670. The summed E-state index contributed by atoms with van der Waals surface area (Å²) in [5.74, 6) is 0.360. The number of nitrogens with one attached hydrogen (secondary N) is 1. The average molecular weight is 280 g/mol. The van der Waals surface area contributed by atoms with Crippen molar-refractivity contribution in [2.45, 2.75) is 31.5 Å². The zero-order chi connectivity index (χ0) is 14.4. The maximum atomic E-state index is 9.79. The van der Waals surface area contributed by atoms with Crippen LogP contribution in [0.25, 0.3) is 0 Å². The van der Waals surface area contributed by atoms with E-state index in [0.717, 1.165) is 25.2 Å². The monoisotopic (exact) mass is 280 g/mol. The van der Waals surface area contributed by atoms with Gasteiger partial charge in [0.25, 0.3) is 0 Å². The SMILES string of the molecule is C[C@@]12CCN(Cc3ccccc3)C1Nc1ccc(O)cc12. The van der Waals surface area contributed by atoms with Gasteiger partial charge in [-0.2, -0.15) is 0 Å². The molecule has 2 aromatic carbocycles.